The summed E-state index contributed by atoms with van der Waals surface area (Å²) >= 11 is 0. The zero-order valence-corrected chi connectivity index (χ0v) is 24.7. The maximum absolute atomic E-state index is 14.0. The average Bonchev–Trinajstić information content (AvgIpc) is 3.28. The minimum atomic E-state index is -1.37. The zero-order chi connectivity index (χ0) is 29.4. The SMILES string of the molecule is CC(C)(C)CCNC(=O)[C@]1(CCC(=O)OC(C)(C)C)N=C(c2ccc(OCCCO)cc2)O[C@@H]1c1ccccc1. The second kappa shape index (κ2) is 13.3. The number of nitrogens with zero attached hydrogens (tertiary/aromatic N) is 1. The van der Waals surface area contributed by atoms with E-state index in [1.54, 1.807) is 12.1 Å². The predicted molar refractivity (Wildman–Crippen MR) is 155 cm³/mol. The summed E-state index contributed by atoms with van der Waals surface area (Å²) in [5.41, 5.74) is -0.490. The van der Waals surface area contributed by atoms with E-state index in [2.05, 4.69) is 26.1 Å². The van der Waals surface area contributed by atoms with Crippen LogP contribution < -0.4 is 10.1 Å². The van der Waals surface area contributed by atoms with E-state index in [0.29, 0.717) is 36.8 Å². The Bertz CT molecular complexity index is 1150. The Morgan fingerprint density at radius 2 is 1.70 bits per heavy atom. The second-order valence-corrected chi connectivity index (χ2v) is 12.4. The van der Waals surface area contributed by atoms with Crippen molar-refractivity contribution >= 4 is 17.8 Å². The molecule has 1 aliphatic heterocycles. The third-order valence-corrected chi connectivity index (χ3v) is 6.42. The van der Waals surface area contributed by atoms with Crippen LogP contribution in [0.2, 0.25) is 0 Å². The maximum Gasteiger partial charge on any atom is 0.306 e. The van der Waals surface area contributed by atoms with Crippen LogP contribution in [0.3, 0.4) is 0 Å². The lowest BCUT2D eigenvalue weighted by Gasteiger charge is -2.31. The summed E-state index contributed by atoms with van der Waals surface area (Å²) in [7, 11) is 0. The van der Waals surface area contributed by atoms with E-state index in [1.165, 1.54) is 0 Å². The third kappa shape index (κ3) is 8.81. The first-order chi connectivity index (χ1) is 18.8. The Morgan fingerprint density at radius 3 is 2.30 bits per heavy atom. The van der Waals surface area contributed by atoms with E-state index in [4.69, 9.17) is 24.3 Å². The Labute approximate surface area is 238 Å². The molecule has 40 heavy (non-hydrogen) atoms. The van der Waals surface area contributed by atoms with Crippen molar-refractivity contribution in [1.29, 1.82) is 0 Å². The molecule has 1 aliphatic rings. The predicted octanol–water partition coefficient (Wildman–Crippen LogP) is 5.38. The van der Waals surface area contributed by atoms with Crippen LogP contribution in [0, 0.1) is 5.41 Å². The molecule has 3 rings (SSSR count). The van der Waals surface area contributed by atoms with Crippen LogP contribution in [0.1, 0.15) is 84.5 Å². The molecule has 0 bridgehead atoms. The van der Waals surface area contributed by atoms with E-state index >= 15 is 0 Å². The molecular weight excluding hydrogens is 508 g/mol. The van der Waals surface area contributed by atoms with Gasteiger partial charge in [-0.05, 0) is 68.9 Å². The number of hydrogen-bond donors (Lipinski definition) is 2. The highest BCUT2D eigenvalue weighted by atomic mass is 16.6. The number of carbonyl (C=O) groups excluding carboxylic acids is 2. The second-order valence-electron chi connectivity index (χ2n) is 12.4. The third-order valence-electron chi connectivity index (χ3n) is 6.42. The van der Waals surface area contributed by atoms with E-state index in [9.17, 15) is 9.59 Å². The number of aliphatic hydroxyl groups excluding tert-OH is 1. The summed E-state index contributed by atoms with van der Waals surface area (Å²) in [6.07, 6.45) is 0.716. The average molecular weight is 553 g/mol. The van der Waals surface area contributed by atoms with Gasteiger partial charge in [0.1, 0.15) is 11.4 Å². The van der Waals surface area contributed by atoms with Crippen molar-refractivity contribution in [3.8, 4) is 5.75 Å². The number of esters is 1. The molecule has 1 heterocycles. The molecule has 0 spiro atoms. The summed E-state index contributed by atoms with van der Waals surface area (Å²) in [5.74, 6) is 0.305. The Hall–Kier alpha value is -3.39. The number of hydrogen-bond acceptors (Lipinski definition) is 7. The van der Waals surface area contributed by atoms with Crippen molar-refractivity contribution < 1.29 is 28.9 Å². The van der Waals surface area contributed by atoms with Gasteiger partial charge in [-0.25, -0.2) is 4.99 Å². The fraction of sp³-hybridized carbons (Fsp3) is 0.531. The highest BCUT2D eigenvalue weighted by molar-refractivity contribution is 6.01. The fourth-order valence-electron chi connectivity index (χ4n) is 4.39. The molecule has 0 saturated heterocycles. The number of rotatable bonds is 12. The number of aliphatic imine (C=N–C) groups is 1. The monoisotopic (exact) mass is 552 g/mol. The molecule has 218 valence electrons. The lowest BCUT2D eigenvalue weighted by Crippen LogP contribution is -2.49. The first-order valence-corrected chi connectivity index (χ1v) is 14.0. The first kappa shape index (κ1) is 31.1. The Balaban J connectivity index is 1.98. The molecule has 2 atom stereocenters. The number of benzene rings is 2. The van der Waals surface area contributed by atoms with Crippen LogP contribution in [0.25, 0.3) is 0 Å². The van der Waals surface area contributed by atoms with Gasteiger partial charge in [-0.1, -0.05) is 51.1 Å². The molecule has 0 aliphatic carbocycles. The number of amides is 1. The molecule has 8 heteroatoms. The van der Waals surface area contributed by atoms with Crippen molar-refractivity contribution in [2.45, 2.75) is 84.5 Å². The molecule has 2 N–H and O–H groups in total. The fourth-order valence-corrected chi connectivity index (χ4v) is 4.39. The Morgan fingerprint density at radius 1 is 1.02 bits per heavy atom. The number of ether oxygens (including phenoxy) is 3. The standard InChI is InChI=1S/C32H44N2O6/c1-30(2,3)19-20-33-29(37)32(18-17-26(36)40-31(4,5)6)27(23-11-8-7-9-12-23)39-28(34-32)24-13-15-25(16-14-24)38-22-10-21-35/h7-9,11-16,27,35H,10,17-22H2,1-6H3,(H,33,37)/t27-,32-/m1/s1. The molecule has 0 aromatic heterocycles. The topological polar surface area (TPSA) is 106 Å². The van der Waals surface area contributed by atoms with Crippen molar-refractivity contribution in [3.63, 3.8) is 0 Å². The van der Waals surface area contributed by atoms with Crippen molar-refractivity contribution in [3.05, 3.63) is 65.7 Å². The van der Waals surface area contributed by atoms with E-state index in [0.717, 1.165) is 12.0 Å². The van der Waals surface area contributed by atoms with Gasteiger partial charge in [-0.3, -0.25) is 9.59 Å². The van der Waals surface area contributed by atoms with Gasteiger partial charge in [-0.2, -0.15) is 0 Å². The maximum atomic E-state index is 14.0. The van der Waals surface area contributed by atoms with Crippen molar-refractivity contribution in [1.82, 2.24) is 5.32 Å². The summed E-state index contributed by atoms with van der Waals surface area (Å²) in [6, 6.07) is 16.8. The van der Waals surface area contributed by atoms with Crippen LogP contribution in [0.5, 0.6) is 5.75 Å². The largest absolute Gasteiger partial charge is 0.494 e. The molecule has 0 unspecified atom stereocenters. The van der Waals surface area contributed by atoms with E-state index in [1.807, 2.05) is 63.2 Å². The van der Waals surface area contributed by atoms with Gasteiger partial charge in [0.05, 0.1) is 6.61 Å². The lowest BCUT2D eigenvalue weighted by atomic mass is 9.83. The van der Waals surface area contributed by atoms with Gasteiger partial charge < -0.3 is 24.6 Å². The molecule has 0 fully saturated rings. The minimum Gasteiger partial charge on any atom is -0.494 e. The van der Waals surface area contributed by atoms with Crippen LogP contribution in [-0.4, -0.2) is 53.8 Å². The molecule has 1 amide bonds. The molecule has 8 nitrogen and oxygen atoms in total. The van der Waals surface area contributed by atoms with Gasteiger partial charge in [0.15, 0.2) is 11.6 Å². The molecule has 2 aromatic rings. The number of carbonyl (C=O) groups is 2. The molecule has 0 saturated carbocycles. The van der Waals surface area contributed by atoms with Gasteiger partial charge in [0.25, 0.3) is 5.91 Å². The molecule has 2 aromatic carbocycles. The van der Waals surface area contributed by atoms with Crippen LogP contribution in [-0.2, 0) is 19.1 Å². The normalized spacial score (nSPS) is 19.0. The summed E-state index contributed by atoms with van der Waals surface area (Å²) in [5, 5.41) is 12.1. The van der Waals surface area contributed by atoms with Crippen molar-refractivity contribution in [2.75, 3.05) is 19.8 Å². The van der Waals surface area contributed by atoms with E-state index in [-0.39, 0.29) is 30.8 Å². The quantitative estimate of drug-likeness (QED) is 0.271. The van der Waals surface area contributed by atoms with Gasteiger partial charge in [0, 0.05) is 31.6 Å². The van der Waals surface area contributed by atoms with Gasteiger partial charge >= 0.3 is 5.97 Å². The van der Waals surface area contributed by atoms with Crippen LogP contribution >= 0.6 is 0 Å². The zero-order valence-electron chi connectivity index (χ0n) is 24.7. The lowest BCUT2D eigenvalue weighted by molar-refractivity contribution is -0.155. The van der Waals surface area contributed by atoms with Crippen LogP contribution in [0.15, 0.2) is 59.6 Å². The highest BCUT2D eigenvalue weighted by Crippen LogP contribution is 2.43. The van der Waals surface area contributed by atoms with Crippen molar-refractivity contribution in [2.24, 2.45) is 10.4 Å². The first-order valence-electron chi connectivity index (χ1n) is 14.0. The summed E-state index contributed by atoms with van der Waals surface area (Å²) in [4.78, 5) is 31.8. The number of aliphatic hydroxyl groups is 1. The Kier molecular flexibility index (Phi) is 10.4. The molecular formula is C32H44N2O6. The smallest absolute Gasteiger partial charge is 0.306 e. The summed E-state index contributed by atoms with van der Waals surface area (Å²) < 4.78 is 17.7. The molecule has 0 radical (unpaired) electrons. The minimum absolute atomic E-state index is 0.00503. The summed E-state index contributed by atoms with van der Waals surface area (Å²) in [6.45, 7) is 12.8. The van der Waals surface area contributed by atoms with Gasteiger partial charge in [-0.15, -0.1) is 0 Å². The number of nitrogens with one attached hydrogen (secondary N) is 1. The van der Waals surface area contributed by atoms with Crippen LogP contribution in [0.4, 0.5) is 0 Å². The van der Waals surface area contributed by atoms with Gasteiger partial charge in [0.2, 0.25) is 5.90 Å². The highest BCUT2D eigenvalue weighted by Gasteiger charge is 2.53. The van der Waals surface area contributed by atoms with E-state index < -0.39 is 23.2 Å².